The third-order valence-electron chi connectivity index (χ3n) is 5.88. The molecule has 2 atom stereocenters. The maximum absolute atomic E-state index is 15.5. The number of imidazole rings is 1. The topological polar surface area (TPSA) is 70.3 Å². The van der Waals surface area contributed by atoms with Crippen LogP contribution in [-0.4, -0.2) is 47.5 Å². The van der Waals surface area contributed by atoms with Crippen molar-refractivity contribution in [3.8, 4) is 11.4 Å². The summed E-state index contributed by atoms with van der Waals surface area (Å²) in [6.07, 6.45) is 2.29. The Hall–Kier alpha value is -2.55. The van der Waals surface area contributed by atoms with Gasteiger partial charge < -0.3 is 23.9 Å². The number of hydrogen-bond donors (Lipinski definition) is 1. The highest BCUT2D eigenvalue weighted by atomic mass is 19.1. The lowest BCUT2D eigenvalue weighted by Gasteiger charge is -2.24. The van der Waals surface area contributed by atoms with Gasteiger partial charge >= 0.3 is 0 Å². The lowest BCUT2D eigenvalue weighted by Crippen LogP contribution is -2.33. The van der Waals surface area contributed by atoms with Crippen molar-refractivity contribution in [3.63, 3.8) is 0 Å². The van der Waals surface area contributed by atoms with Gasteiger partial charge in [0.25, 0.3) is 5.56 Å². The number of hydrogen-bond acceptors (Lipinski definition) is 5. The van der Waals surface area contributed by atoms with Crippen LogP contribution in [0.1, 0.15) is 36.6 Å². The van der Waals surface area contributed by atoms with Crippen molar-refractivity contribution in [1.29, 1.82) is 0 Å². The second-order valence-corrected chi connectivity index (χ2v) is 8.08. The average molecular weight is 429 g/mol. The molecule has 2 unspecified atom stereocenters. The number of nitrogens with zero attached hydrogens (tertiary/aromatic N) is 3. The average Bonchev–Trinajstić information content (AvgIpc) is 3.16. The summed E-state index contributed by atoms with van der Waals surface area (Å²) in [6, 6.07) is 5.17. The molecule has 1 aliphatic heterocycles. The van der Waals surface area contributed by atoms with Crippen LogP contribution in [-0.2, 0) is 16.5 Å². The van der Waals surface area contributed by atoms with Gasteiger partial charge in [-0.1, -0.05) is 6.92 Å². The summed E-state index contributed by atoms with van der Waals surface area (Å²) in [7, 11) is 3.35. The van der Waals surface area contributed by atoms with E-state index >= 15 is 4.39 Å². The second-order valence-electron chi connectivity index (χ2n) is 8.08. The van der Waals surface area contributed by atoms with Crippen LogP contribution in [0.2, 0.25) is 0 Å². The van der Waals surface area contributed by atoms with E-state index in [0.29, 0.717) is 42.2 Å². The van der Waals surface area contributed by atoms with Crippen molar-refractivity contribution in [1.82, 2.24) is 19.4 Å². The zero-order chi connectivity index (χ0) is 22.1. The molecule has 0 amide bonds. The van der Waals surface area contributed by atoms with E-state index in [2.05, 4.69) is 5.32 Å². The normalized spacial score (nSPS) is 17.9. The minimum atomic E-state index is -0.337. The Kier molecular flexibility index (Phi) is 6.22. The maximum Gasteiger partial charge on any atom is 0.253 e. The van der Waals surface area contributed by atoms with Crippen LogP contribution in [0.3, 0.4) is 0 Å². The van der Waals surface area contributed by atoms with Gasteiger partial charge in [0.1, 0.15) is 17.2 Å². The van der Waals surface area contributed by atoms with E-state index < -0.39 is 0 Å². The van der Waals surface area contributed by atoms with Crippen molar-refractivity contribution < 1.29 is 13.9 Å². The van der Waals surface area contributed by atoms with Gasteiger partial charge in [-0.2, -0.15) is 0 Å². The third kappa shape index (κ3) is 4.03. The lowest BCUT2D eigenvalue weighted by molar-refractivity contribution is 0.0276. The molecule has 1 aliphatic rings. The molecule has 1 N–H and O–H groups in total. The summed E-state index contributed by atoms with van der Waals surface area (Å²) in [4.78, 5) is 17.0. The number of fused-ring (bicyclic) bond motifs is 1. The number of methoxy groups -OCH3 is 1. The van der Waals surface area contributed by atoms with Gasteiger partial charge in [-0.3, -0.25) is 4.79 Å². The van der Waals surface area contributed by atoms with E-state index in [1.807, 2.05) is 23.6 Å². The van der Waals surface area contributed by atoms with Gasteiger partial charge in [-0.05, 0) is 37.1 Å². The first-order chi connectivity index (χ1) is 14.9. The fourth-order valence-electron chi connectivity index (χ4n) is 4.29. The van der Waals surface area contributed by atoms with Gasteiger partial charge in [-0.25, -0.2) is 9.37 Å². The summed E-state index contributed by atoms with van der Waals surface area (Å²) < 4.78 is 30.2. The van der Waals surface area contributed by atoms with Crippen LogP contribution >= 0.6 is 0 Å². The number of rotatable bonds is 6. The highest BCUT2D eigenvalue weighted by molar-refractivity contribution is 5.82. The van der Waals surface area contributed by atoms with E-state index in [1.165, 1.54) is 4.57 Å². The molecule has 1 aromatic carbocycles. The zero-order valence-corrected chi connectivity index (χ0v) is 18.4. The molecule has 166 valence electrons. The Morgan fingerprint density at radius 2 is 2.19 bits per heavy atom. The van der Waals surface area contributed by atoms with Crippen molar-refractivity contribution in [3.05, 3.63) is 51.7 Å². The fraction of sp³-hybridized carbons (Fsp3) is 0.478. The van der Waals surface area contributed by atoms with Crippen LogP contribution in [0.25, 0.3) is 22.4 Å². The first-order valence-corrected chi connectivity index (χ1v) is 10.6. The van der Waals surface area contributed by atoms with Gasteiger partial charge in [0, 0.05) is 44.6 Å². The van der Waals surface area contributed by atoms with Crippen LogP contribution in [0.15, 0.2) is 29.2 Å². The monoisotopic (exact) mass is 428 g/mol. The zero-order valence-electron chi connectivity index (χ0n) is 18.4. The van der Waals surface area contributed by atoms with Gasteiger partial charge in [-0.15, -0.1) is 0 Å². The number of benzene rings is 1. The van der Waals surface area contributed by atoms with Crippen molar-refractivity contribution in [2.24, 2.45) is 7.05 Å². The van der Waals surface area contributed by atoms with Crippen LogP contribution < -0.4 is 10.9 Å². The largest absolute Gasteiger partial charge is 0.383 e. The molecule has 0 spiro atoms. The number of nitrogens with one attached hydrogen (secondary N) is 1. The molecule has 8 heteroatoms. The van der Waals surface area contributed by atoms with Gasteiger partial charge in [0.05, 0.1) is 30.9 Å². The highest BCUT2D eigenvalue weighted by Crippen LogP contribution is 2.34. The van der Waals surface area contributed by atoms with Crippen molar-refractivity contribution in [2.75, 3.05) is 33.4 Å². The Bertz CT molecular complexity index is 1120. The van der Waals surface area contributed by atoms with Gasteiger partial charge in [0.2, 0.25) is 0 Å². The fourth-order valence-corrected chi connectivity index (χ4v) is 4.29. The van der Waals surface area contributed by atoms with Crippen LogP contribution in [0, 0.1) is 12.7 Å². The van der Waals surface area contributed by atoms with E-state index in [-0.39, 0.29) is 23.5 Å². The standard InChI is InChI=1S/C23H29FN4O3/c1-5-17(13-30-4)28-21-18(24)9-15(20-11-25-6-7-31-20)10-19(21)26-22(28)16-8-14(2)23(29)27(3)12-16/h8-10,12,17,20,25H,5-7,11,13H2,1-4H3. The molecule has 3 aromatic rings. The Labute approximate surface area is 180 Å². The van der Waals surface area contributed by atoms with Crippen molar-refractivity contribution >= 4 is 11.0 Å². The number of halogens is 1. The summed E-state index contributed by atoms with van der Waals surface area (Å²) >= 11 is 0. The van der Waals surface area contributed by atoms with Crippen LogP contribution in [0.5, 0.6) is 0 Å². The molecular weight excluding hydrogens is 399 g/mol. The minimum Gasteiger partial charge on any atom is -0.383 e. The van der Waals surface area contributed by atoms with E-state index in [4.69, 9.17) is 14.5 Å². The molecule has 0 aliphatic carbocycles. The second kappa shape index (κ2) is 8.90. The van der Waals surface area contributed by atoms with Crippen LogP contribution in [0.4, 0.5) is 4.39 Å². The highest BCUT2D eigenvalue weighted by Gasteiger charge is 2.25. The first kappa shape index (κ1) is 21.7. The summed E-state index contributed by atoms with van der Waals surface area (Å²) in [5.41, 5.74) is 3.09. The lowest BCUT2D eigenvalue weighted by atomic mass is 10.1. The summed E-state index contributed by atoms with van der Waals surface area (Å²) in [5.74, 6) is 0.285. The predicted molar refractivity (Wildman–Crippen MR) is 118 cm³/mol. The third-order valence-corrected chi connectivity index (χ3v) is 5.88. The molecule has 1 saturated heterocycles. The first-order valence-electron chi connectivity index (χ1n) is 10.6. The van der Waals surface area contributed by atoms with Crippen molar-refractivity contribution in [2.45, 2.75) is 32.4 Å². The molecule has 0 saturated carbocycles. The number of pyridine rings is 1. The Morgan fingerprint density at radius 1 is 1.39 bits per heavy atom. The van der Waals surface area contributed by atoms with Gasteiger partial charge in [0.15, 0.2) is 0 Å². The van der Waals surface area contributed by atoms with E-state index in [9.17, 15) is 4.79 Å². The molecule has 4 rings (SSSR count). The summed E-state index contributed by atoms with van der Waals surface area (Å²) in [6.45, 7) is 6.27. The maximum atomic E-state index is 15.5. The quantitative estimate of drug-likeness (QED) is 0.653. The molecular formula is C23H29FN4O3. The number of ether oxygens (including phenoxy) is 2. The molecule has 7 nitrogen and oxygen atoms in total. The summed E-state index contributed by atoms with van der Waals surface area (Å²) in [5, 5.41) is 3.28. The Morgan fingerprint density at radius 3 is 2.84 bits per heavy atom. The molecule has 0 bridgehead atoms. The van der Waals surface area contributed by atoms with E-state index in [0.717, 1.165) is 24.1 Å². The van der Waals surface area contributed by atoms with E-state index in [1.54, 1.807) is 33.3 Å². The molecule has 0 radical (unpaired) electrons. The smallest absolute Gasteiger partial charge is 0.253 e. The molecule has 2 aromatic heterocycles. The Balaban J connectivity index is 1.95. The SMILES string of the molecule is CCC(COC)n1c(-c2cc(C)c(=O)n(C)c2)nc2cc(C3CNCCO3)cc(F)c21. The molecule has 3 heterocycles. The number of aryl methyl sites for hydroxylation is 2. The molecule has 1 fully saturated rings. The molecule has 31 heavy (non-hydrogen) atoms. The minimum absolute atomic E-state index is 0.0641. The number of aromatic nitrogens is 3. The number of morpholine rings is 1. The predicted octanol–water partition coefficient (Wildman–Crippen LogP) is 3.11.